The predicted octanol–water partition coefficient (Wildman–Crippen LogP) is 1.63. The van der Waals surface area contributed by atoms with Crippen molar-refractivity contribution < 1.29 is 14.4 Å². The molecule has 0 aliphatic carbocycles. The van der Waals surface area contributed by atoms with Crippen molar-refractivity contribution in [2.24, 2.45) is 5.73 Å². The summed E-state index contributed by atoms with van der Waals surface area (Å²) in [6.45, 7) is 1.96. The summed E-state index contributed by atoms with van der Waals surface area (Å²) in [5, 5.41) is 15.9. The van der Waals surface area contributed by atoms with Crippen LogP contribution in [0.15, 0.2) is 33.2 Å². The molecule has 0 unspecified atom stereocenters. The molecule has 0 bridgehead atoms. The summed E-state index contributed by atoms with van der Waals surface area (Å²) >= 11 is 2.68. The van der Waals surface area contributed by atoms with Gasteiger partial charge in [0.15, 0.2) is 5.82 Å². The lowest BCUT2D eigenvalue weighted by molar-refractivity contribution is 0.100. The van der Waals surface area contributed by atoms with Gasteiger partial charge in [0, 0.05) is 21.6 Å². The number of carbonyl (C=O) groups excluding carboxylic acids is 1. The number of primary amides is 1. The zero-order valence-corrected chi connectivity index (χ0v) is 16.3. The second kappa shape index (κ2) is 7.26. The number of carbonyl (C=O) groups is 1. The fourth-order valence-corrected chi connectivity index (χ4v) is 4.50. The Balaban J connectivity index is 1.55. The van der Waals surface area contributed by atoms with Gasteiger partial charge in [-0.3, -0.25) is 14.2 Å². The van der Waals surface area contributed by atoms with Gasteiger partial charge in [-0.05, 0) is 19.1 Å². The first-order valence-corrected chi connectivity index (χ1v) is 9.94. The molecule has 11 heteroatoms. The second-order valence-corrected chi connectivity index (χ2v) is 8.32. The summed E-state index contributed by atoms with van der Waals surface area (Å²) in [5.74, 6) is -0.145. The first-order chi connectivity index (χ1) is 13.4. The quantitative estimate of drug-likeness (QED) is 0.486. The van der Waals surface area contributed by atoms with Crippen LogP contribution in [0.5, 0.6) is 0 Å². The molecule has 144 valence electrons. The molecule has 0 spiro atoms. The molecular weight excluding hydrogens is 402 g/mol. The smallest absolute Gasteiger partial charge is 0.263 e. The summed E-state index contributed by atoms with van der Waals surface area (Å²) in [7, 11) is 0. The number of aryl methyl sites for hydroxylation is 1. The highest BCUT2D eigenvalue weighted by Crippen LogP contribution is 2.25. The molecule has 1 amide bonds. The average molecular weight is 417 g/mol. The van der Waals surface area contributed by atoms with E-state index in [0.29, 0.717) is 10.7 Å². The summed E-state index contributed by atoms with van der Waals surface area (Å²) in [4.78, 5) is 35.0. The predicted molar refractivity (Wildman–Crippen MR) is 104 cm³/mol. The first-order valence-electron chi connectivity index (χ1n) is 8.24. The molecule has 4 rings (SSSR count). The van der Waals surface area contributed by atoms with Crippen LogP contribution in [0.2, 0.25) is 0 Å². The van der Waals surface area contributed by atoms with Crippen molar-refractivity contribution in [3.63, 3.8) is 0 Å². The van der Waals surface area contributed by atoms with E-state index in [1.807, 2.05) is 19.1 Å². The zero-order chi connectivity index (χ0) is 19.8. The first kappa shape index (κ1) is 18.5. The third kappa shape index (κ3) is 3.46. The second-order valence-electron chi connectivity index (χ2n) is 6.14. The Labute approximate surface area is 166 Å². The van der Waals surface area contributed by atoms with E-state index in [1.165, 1.54) is 38.9 Å². The summed E-state index contributed by atoms with van der Waals surface area (Å²) < 4.78 is 6.47. The summed E-state index contributed by atoms with van der Waals surface area (Å²) in [5.41, 5.74) is 5.06. The zero-order valence-electron chi connectivity index (χ0n) is 14.7. The Kier molecular flexibility index (Phi) is 4.79. The number of thiophene rings is 2. The Morgan fingerprint density at radius 2 is 2.25 bits per heavy atom. The van der Waals surface area contributed by atoms with E-state index in [1.54, 1.807) is 0 Å². The van der Waals surface area contributed by atoms with Crippen LogP contribution >= 0.6 is 22.7 Å². The van der Waals surface area contributed by atoms with Crippen LogP contribution in [-0.4, -0.2) is 30.7 Å². The number of fused-ring (bicyclic) bond motifs is 1. The van der Waals surface area contributed by atoms with Gasteiger partial charge in [-0.1, -0.05) is 5.16 Å². The number of hydrogen-bond acceptors (Lipinski definition) is 9. The van der Waals surface area contributed by atoms with Gasteiger partial charge in [-0.25, -0.2) is 4.98 Å². The van der Waals surface area contributed by atoms with E-state index < -0.39 is 17.6 Å². The Morgan fingerprint density at radius 1 is 1.43 bits per heavy atom. The van der Waals surface area contributed by atoms with Crippen LogP contribution in [0.3, 0.4) is 0 Å². The van der Waals surface area contributed by atoms with Gasteiger partial charge in [0.25, 0.3) is 5.56 Å². The van der Waals surface area contributed by atoms with Gasteiger partial charge in [0.1, 0.15) is 11.4 Å². The topological polar surface area (TPSA) is 137 Å². The standard InChI is InChI=1S/C17H15N5O4S2/c1-8-2-3-11(28-8)10(23)4-12-20-13(26-21-12)5-22-7-19-16-14(17(22)25)9(6-27-16)15(18)24/h2-3,6-7,10,23H,4-5H2,1H3,(H2,18,24)/t10-/m0/s1. The molecule has 4 heterocycles. The highest BCUT2D eigenvalue weighted by atomic mass is 32.1. The number of nitrogens with zero attached hydrogens (tertiary/aromatic N) is 4. The maximum absolute atomic E-state index is 12.7. The van der Waals surface area contributed by atoms with Crippen molar-refractivity contribution in [1.82, 2.24) is 19.7 Å². The molecular formula is C17H15N5O4S2. The SMILES string of the molecule is Cc1ccc([C@@H](O)Cc2noc(Cn3cnc4scc(C(N)=O)c4c3=O)n2)s1. The maximum Gasteiger partial charge on any atom is 0.263 e. The van der Waals surface area contributed by atoms with Gasteiger partial charge < -0.3 is 15.4 Å². The lowest BCUT2D eigenvalue weighted by atomic mass is 10.2. The lowest BCUT2D eigenvalue weighted by Gasteiger charge is -2.04. The van der Waals surface area contributed by atoms with Crippen LogP contribution in [0, 0.1) is 6.92 Å². The number of rotatable bonds is 6. The van der Waals surface area contributed by atoms with Gasteiger partial charge >= 0.3 is 0 Å². The van der Waals surface area contributed by atoms with E-state index >= 15 is 0 Å². The molecule has 3 N–H and O–H groups in total. The molecule has 4 aromatic rings. The molecule has 0 fully saturated rings. The van der Waals surface area contributed by atoms with Gasteiger partial charge in [0.2, 0.25) is 11.8 Å². The average Bonchev–Trinajstić information content (AvgIpc) is 3.37. The molecule has 4 aromatic heterocycles. The largest absolute Gasteiger partial charge is 0.387 e. The van der Waals surface area contributed by atoms with Crippen LogP contribution in [0.1, 0.15) is 37.9 Å². The molecule has 0 radical (unpaired) electrons. The van der Waals surface area contributed by atoms with E-state index in [9.17, 15) is 14.7 Å². The van der Waals surface area contributed by atoms with E-state index in [4.69, 9.17) is 10.3 Å². The maximum atomic E-state index is 12.7. The molecule has 0 aliphatic heterocycles. The van der Waals surface area contributed by atoms with Crippen molar-refractivity contribution in [2.45, 2.75) is 26.0 Å². The van der Waals surface area contributed by atoms with Crippen molar-refractivity contribution in [3.05, 3.63) is 61.2 Å². The molecule has 28 heavy (non-hydrogen) atoms. The highest BCUT2D eigenvalue weighted by molar-refractivity contribution is 7.17. The van der Waals surface area contributed by atoms with Crippen LogP contribution in [0.4, 0.5) is 0 Å². The van der Waals surface area contributed by atoms with Crippen molar-refractivity contribution >= 4 is 38.8 Å². The highest BCUT2D eigenvalue weighted by Gasteiger charge is 2.18. The van der Waals surface area contributed by atoms with Crippen LogP contribution in [0.25, 0.3) is 10.2 Å². The molecule has 0 saturated heterocycles. The fourth-order valence-electron chi connectivity index (χ4n) is 2.75. The number of aliphatic hydroxyl groups is 1. The minimum absolute atomic E-state index is 0.00295. The molecule has 0 aromatic carbocycles. The van der Waals surface area contributed by atoms with Gasteiger partial charge in [-0.2, -0.15) is 4.98 Å². The van der Waals surface area contributed by atoms with E-state index in [2.05, 4.69) is 15.1 Å². The van der Waals surface area contributed by atoms with E-state index in [0.717, 1.165) is 9.75 Å². The van der Waals surface area contributed by atoms with Crippen molar-refractivity contribution in [3.8, 4) is 0 Å². The third-order valence-electron chi connectivity index (χ3n) is 4.11. The number of amides is 1. The minimum Gasteiger partial charge on any atom is -0.387 e. The van der Waals surface area contributed by atoms with Crippen molar-refractivity contribution in [2.75, 3.05) is 0 Å². The lowest BCUT2D eigenvalue weighted by Crippen LogP contribution is -2.23. The molecule has 9 nitrogen and oxygen atoms in total. The van der Waals surface area contributed by atoms with Crippen molar-refractivity contribution in [1.29, 1.82) is 0 Å². The van der Waals surface area contributed by atoms with Crippen LogP contribution < -0.4 is 11.3 Å². The van der Waals surface area contributed by atoms with Gasteiger partial charge in [0.05, 0.1) is 23.4 Å². The number of hydrogen-bond donors (Lipinski definition) is 2. The fraction of sp³-hybridized carbons (Fsp3) is 0.235. The third-order valence-corrected chi connectivity index (χ3v) is 6.10. The van der Waals surface area contributed by atoms with Crippen LogP contribution in [-0.2, 0) is 13.0 Å². The Bertz CT molecular complexity index is 1220. The molecule has 1 atom stereocenters. The van der Waals surface area contributed by atoms with E-state index in [-0.39, 0.29) is 29.8 Å². The number of aromatic nitrogens is 4. The monoisotopic (exact) mass is 417 g/mol. The summed E-state index contributed by atoms with van der Waals surface area (Å²) in [6, 6.07) is 3.80. The minimum atomic E-state index is -0.728. The summed E-state index contributed by atoms with van der Waals surface area (Å²) in [6.07, 6.45) is 0.833. The van der Waals surface area contributed by atoms with Gasteiger partial charge in [-0.15, -0.1) is 22.7 Å². The Morgan fingerprint density at radius 3 is 2.96 bits per heavy atom. The molecule has 0 aliphatic rings. The number of nitrogens with two attached hydrogens (primary N) is 1. The molecule has 0 saturated carbocycles. The number of aliphatic hydroxyl groups excluding tert-OH is 1. The normalized spacial score (nSPS) is 12.5. The Hall–Kier alpha value is -2.89.